The van der Waals surface area contributed by atoms with Gasteiger partial charge in [-0.15, -0.1) is 0 Å². The van der Waals surface area contributed by atoms with Crippen LogP contribution >= 0.6 is 15.9 Å². The Balaban J connectivity index is 1.85. The van der Waals surface area contributed by atoms with E-state index in [1.807, 2.05) is 6.92 Å². The largest absolute Gasteiger partial charge is 0.482 e. The minimum atomic E-state index is -0.455. The van der Waals surface area contributed by atoms with E-state index in [0.717, 1.165) is 15.9 Å². The molecule has 7 heteroatoms. The fraction of sp³-hybridized carbons (Fsp3) is 0.286. The van der Waals surface area contributed by atoms with E-state index in [0.29, 0.717) is 11.4 Å². The first kappa shape index (κ1) is 15.4. The summed E-state index contributed by atoms with van der Waals surface area (Å²) in [6, 6.07) is 6.87. The number of aryl methyl sites for hydroxylation is 2. The molecule has 0 atom stereocenters. The zero-order valence-corrected chi connectivity index (χ0v) is 13.4. The second-order valence-corrected chi connectivity index (χ2v) is 5.28. The second kappa shape index (κ2) is 6.62. The van der Waals surface area contributed by atoms with E-state index in [2.05, 4.69) is 21.0 Å². The Hall–Kier alpha value is -2.02. The number of ether oxygens (including phenoxy) is 2. The molecule has 1 aromatic carbocycles. The first-order valence-corrected chi connectivity index (χ1v) is 7.08. The maximum absolute atomic E-state index is 11.7. The SMILES string of the molecule is Cc1nn(C)c(COC(=O)COc2cccc(N)c2)c1Br. The lowest BCUT2D eigenvalue weighted by atomic mass is 10.3. The first-order valence-electron chi connectivity index (χ1n) is 6.29. The van der Waals surface area contributed by atoms with Crippen LogP contribution in [0.15, 0.2) is 28.7 Å². The molecule has 0 spiro atoms. The molecule has 0 saturated heterocycles. The van der Waals surface area contributed by atoms with Gasteiger partial charge in [0.25, 0.3) is 0 Å². The quantitative estimate of drug-likeness (QED) is 0.658. The average molecular weight is 354 g/mol. The van der Waals surface area contributed by atoms with Crippen LogP contribution in [0.3, 0.4) is 0 Å². The predicted octanol–water partition coefficient (Wildman–Crippen LogP) is 2.20. The number of rotatable bonds is 5. The van der Waals surface area contributed by atoms with Crippen LogP contribution in [-0.2, 0) is 23.2 Å². The standard InChI is InChI=1S/C14H16BrN3O3/c1-9-14(15)12(18(2)17-9)7-21-13(19)8-20-11-5-3-4-10(16)6-11/h3-6H,7-8,16H2,1-2H3. The summed E-state index contributed by atoms with van der Waals surface area (Å²) < 4.78 is 13.0. The van der Waals surface area contributed by atoms with Crippen molar-refractivity contribution in [1.82, 2.24) is 9.78 Å². The number of benzene rings is 1. The molecule has 0 unspecified atom stereocenters. The van der Waals surface area contributed by atoms with Crippen LogP contribution in [0.2, 0.25) is 0 Å². The molecule has 112 valence electrons. The van der Waals surface area contributed by atoms with E-state index >= 15 is 0 Å². The van der Waals surface area contributed by atoms with E-state index in [1.54, 1.807) is 36.0 Å². The van der Waals surface area contributed by atoms with Crippen molar-refractivity contribution in [3.8, 4) is 5.75 Å². The van der Waals surface area contributed by atoms with Gasteiger partial charge in [-0.2, -0.15) is 5.10 Å². The predicted molar refractivity (Wildman–Crippen MR) is 81.8 cm³/mol. The summed E-state index contributed by atoms with van der Waals surface area (Å²) >= 11 is 3.42. The number of aromatic nitrogens is 2. The van der Waals surface area contributed by atoms with E-state index in [-0.39, 0.29) is 13.2 Å². The summed E-state index contributed by atoms with van der Waals surface area (Å²) in [5.41, 5.74) is 7.85. The van der Waals surface area contributed by atoms with Gasteiger partial charge in [0.05, 0.1) is 15.9 Å². The monoisotopic (exact) mass is 353 g/mol. The molecule has 0 radical (unpaired) electrons. The molecule has 0 aliphatic rings. The fourth-order valence-electron chi connectivity index (χ4n) is 1.77. The van der Waals surface area contributed by atoms with Gasteiger partial charge in [-0.3, -0.25) is 4.68 Å². The second-order valence-electron chi connectivity index (χ2n) is 4.49. The first-order chi connectivity index (χ1) is 9.97. The molecular formula is C14H16BrN3O3. The molecule has 0 aliphatic heterocycles. The minimum Gasteiger partial charge on any atom is -0.482 e. The van der Waals surface area contributed by atoms with Crippen molar-refractivity contribution < 1.29 is 14.3 Å². The van der Waals surface area contributed by atoms with Crippen LogP contribution in [-0.4, -0.2) is 22.4 Å². The van der Waals surface area contributed by atoms with E-state index in [1.165, 1.54) is 0 Å². The van der Waals surface area contributed by atoms with Crippen LogP contribution in [0.4, 0.5) is 5.69 Å². The van der Waals surface area contributed by atoms with Crippen LogP contribution < -0.4 is 10.5 Å². The van der Waals surface area contributed by atoms with Gasteiger partial charge in [-0.25, -0.2) is 4.79 Å². The average Bonchev–Trinajstić information content (AvgIpc) is 2.68. The minimum absolute atomic E-state index is 0.136. The van der Waals surface area contributed by atoms with Crippen molar-refractivity contribution in [2.75, 3.05) is 12.3 Å². The van der Waals surface area contributed by atoms with Gasteiger partial charge in [0, 0.05) is 18.8 Å². The molecule has 1 aromatic heterocycles. The lowest BCUT2D eigenvalue weighted by Crippen LogP contribution is -2.16. The molecule has 6 nitrogen and oxygen atoms in total. The highest BCUT2D eigenvalue weighted by Crippen LogP contribution is 2.21. The maximum Gasteiger partial charge on any atom is 0.344 e. The number of halogens is 1. The molecular weight excluding hydrogens is 338 g/mol. The molecule has 0 saturated carbocycles. The van der Waals surface area contributed by atoms with Crippen LogP contribution in [0.1, 0.15) is 11.4 Å². The number of hydrogen-bond acceptors (Lipinski definition) is 5. The van der Waals surface area contributed by atoms with Crippen LogP contribution in [0.5, 0.6) is 5.75 Å². The summed E-state index contributed by atoms with van der Waals surface area (Å²) in [6.45, 7) is 1.84. The summed E-state index contributed by atoms with van der Waals surface area (Å²) in [4.78, 5) is 11.7. The normalized spacial score (nSPS) is 10.4. The number of nitrogens with zero attached hydrogens (tertiary/aromatic N) is 2. The Kier molecular flexibility index (Phi) is 4.85. The molecule has 2 aromatic rings. The van der Waals surface area contributed by atoms with Gasteiger partial charge >= 0.3 is 5.97 Å². The third-order valence-corrected chi connectivity index (χ3v) is 3.88. The Morgan fingerprint density at radius 3 is 2.86 bits per heavy atom. The van der Waals surface area contributed by atoms with Gasteiger partial charge in [0.1, 0.15) is 12.4 Å². The number of hydrogen-bond donors (Lipinski definition) is 1. The third kappa shape index (κ3) is 3.98. The number of esters is 1. The molecule has 0 fully saturated rings. The number of nitrogen functional groups attached to an aromatic ring is 1. The highest BCUT2D eigenvalue weighted by atomic mass is 79.9. The van der Waals surface area contributed by atoms with Gasteiger partial charge in [-0.05, 0) is 35.0 Å². The number of carbonyl (C=O) groups is 1. The molecule has 21 heavy (non-hydrogen) atoms. The Bertz CT molecular complexity index is 655. The van der Waals surface area contributed by atoms with Crippen molar-refractivity contribution in [2.24, 2.45) is 7.05 Å². The van der Waals surface area contributed by atoms with Crippen molar-refractivity contribution >= 4 is 27.6 Å². The van der Waals surface area contributed by atoms with E-state index < -0.39 is 5.97 Å². The van der Waals surface area contributed by atoms with Crippen molar-refractivity contribution in [3.63, 3.8) is 0 Å². The van der Waals surface area contributed by atoms with Crippen LogP contribution in [0.25, 0.3) is 0 Å². The molecule has 0 amide bonds. The summed E-state index contributed by atoms with van der Waals surface area (Å²) in [7, 11) is 1.80. The lowest BCUT2D eigenvalue weighted by Gasteiger charge is -2.08. The van der Waals surface area contributed by atoms with Crippen molar-refractivity contribution in [1.29, 1.82) is 0 Å². The molecule has 1 heterocycles. The highest BCUT2D eigenvalue weighted by molar-refractivity contribution is 9.10. The summed E-state index contributed by atoms with van der Waals surface area (Å²) in [5.74, 6) is 0.0766. The highest BCUT2D eigenvalue weighted by Gasteiger charge is 2.13. The van der Waals surface area contributed by atoms with Crippen molar-refractivity contribution in [2.45, 2.75) is 13.5 Å². The van der Waals surface area contributed by atoms with Gasteiger partial charge in [0.15, 0.2) is 6.61 Å². The number of carbonyl (C=O) groups excluding carboxylic acids is 1. The van der Waals surface area contributed by atoms with E-state index in [9.17, 15) is 4.79 Å². The summed E-state index contributed by atoms with van der Waals surface area (Å²) in [5, 5.41) is 4.23. The summed E-state index contributed by atoms with van der Waals surface area (Å²) in [6.07, 6.45) is 0. The smallest absolute Gasteiger partial charge is 0.344 e. The van der Waals surface area contributed by atoms with Crippen molar-refractivity contribution in [3.05, 3.63) is 40.1 Å². The van der Waals surface area contributed by atoms with Crippen LogP contribution in [0, 0.1) is 6.92 Å². The number of nitrogens with two attached hydrogens (primary N) is 1. The lowest BCUT2D eigenvalue weighted by molar-refractivity contribution is -0.147. The molecule has 0 aliphatic carbocycles. The zero-order valence-electron chi connectivity index (χ0n) is 11.8. The van der Waals surface area contributed by atoms with Gasteiger partial charge in [-0.1, -0.05) is 6.07 Å². The van der Waals surface area contributed by atoms with Gasteiger partial charge in [0.2, 0.25) is 0 Å². The number of anilines is 1. The molecule has 0 bridgehead atoms. The zero-order chi connectivity index (χ0) is 15.4. The topological polar surface area (TPSA) is 79.4 Å². The molecule has 2 rings (SSSR count). The Labute approximate surface area is 131 Å². The Morgan fingerprint density at radius 1 is 1.48 bits per heavy atom. The molecule has 2 N–H and O–H groups in total. The van der Waals surface area contributed by atoms with Gasteiger partial charge < -0.3 is 15.2 Å². The van der Waals surface area contributed by atoms with E-state index in [4.69, 9.17) is 15.2 Å². The Morgan fingerprint density at radius 2 is 2.24 bits per heavy atom. The third-order valence-electron chi connectivity index (χ3n) is 2.85. The maximum atomic E-state index is 11.7. The fourth-order valence-corrected chi connectivity index (χ4v) is 2.22.